The molecule has 0 bridgehead atoms. The number of halogens is 1. The number of benzene rings is 1. The van der Waals surface area contributed by atoms with E-state index in [1.54, 1.807) is 7.11 Å². The van der Waals surface area contributed by atoms with E-state index in [0.29, 0.717) is 0 Å². The van der Waals surface area contributed by atoms with Crippen molar-refractivity contribution in [3.63, 3.8) is 0 Å². The maximum atomic E-state index is 5.95. The fourth-order valence-electron chi connectivity index (χ4n) is 1.02. The lowest BCUT2D eigenvalue weighted by Crippen LogP contribution is -1.86. The lowest BCUT2D eigenvalue weighted by Gasteiger charge is -2.05. The number of ether oxygens (including phenoxy) is 1. The highest BCUT2D eigenvalue weighted by Crippen LogP contribution is 2.25. The molecule has 60 valence electrons. The van der Waals surface area contributed by atoms with Crippen molar-refractivity contribution in [2.45, 2.75) is 13.8 Å². The first kappa shape index (κ1) is 8.41. The summed E-state index contributed by atoms with van der Waals surface area (Å²) in [7, 11) is 1.65. The Morgan fingerprint density at radius 3 is 2.00 bits per heavy atom. The molecule has 0 aromatic heterocycles. The van der Waals surface area contributed by atoms with Gasteiger partial charge in [0, 0.05) is 5.02 Å². The lowest BCUT2D eigenvalue weighted by atomic mass is 10.1. The van der Waals surface area contributed by atoms with Gasteiger partial charge in [0.15, 0.2) is 0 Å². The van der Waals surface area contributed by atoms with E-state index in [9.17, 15) is 0 Å². The Bertz CT molecular complexity index is 245. The van der Waals surface area contributed by atoms with Gasteiger partial charge in [-0.2, -0.15) is 0 Å². The molecule has 2 heteroatoms. The largest absolute Gasteiger partial charge is 0.497 e. The fourth-order valence-corrected chi connectivity index (χ4v) is 1.13. The van der Waals surface area contributed by atoms with E-state index in [0.717, 1.165) is 21.9 Å². The number of hydrogen-bond acceptors (Lipinski definition) is 1. The fraction of sp³-hybridized carbons (Fsp3) is 0.333. The summed E-state index contributed by atoms with van der Waals surface area (Å²) in [6, 6.07) is 3.85. The highest BCUT2D eigenvalue weighted by Gasteiger charge is 2.01. The zero-order chi connectivity index (χ0) is 8.43. The number of rotatable bonds is 1. The second-order valence-corrected chi connectivity index (χ2v) is 2.95. The minimum absolute atomic E-state index is 0.825. The number of hydrogen-bond donors (Lipinski definition) is 0. The molecule has 0 amide bonds. The summed E-state index contributed by atoms with van der Waals surface area (Å²) < 4.78 is 5.07. The van der Waals surface area contributed by atoms with Gasteiger partial charge in [0.2, 0.25) is 0 Å². The predicted molar refractivity (Wildman–Crippen MR) is 47.5 cm³/mol. The average molecular weight is 171 g/mol. The zero-order valence-corrected chi connectivity index (χ0v) is 7.70. The van der Waals surface area contributed by atoms with Crippen LogP contribution in [0.5, 0.6) is 5.75 Å². The Kier molecular flexibility index (Phi) is 2.40. The highest BCUT2D eigenvalue weighted by molar-refractivity contribution is 6.32. The van der Waals surface area contributed by atoms with E-state index < -0.39 is 0 Å². The molecule has 0 aliphatic rings. The van der Waals surface area contributed by atoms with Crippen LogP contribution >= 0.6 is 11.6 Å². The number of aryl methyl sites for hydroxylation is 2. The Morgan fingerprint density at radius 2 is 1.64 bits per heavy atom. The van der Waals surface area contributed by atoms with E-state index in [1.165, 1.54) is 0 Å². The van der Waals surface area contributed by atoms with Gasteiger partial charge in [0.05, 0.1) is 7.11 Å². The molecule has 0 N–H and O–H groups in total. The Labute approximate surface area is 71.9 Å². The van der Waals surface area contributed by atoms with Gasteiger partial charge >= 0.3 is 0 Å². The summed E-state index contributed by atoms with van der Waals surface area (Å²) in [5.74, 6) is 0.865. The summed E-state index contributed by atoms with van der Waals surface area (Å²) in [6.07, 6.45) is 0. The standard InChI is InChI=1S/C9H11ClO/c1-6-4-8(11-3)5-7(2)9(6)10/h4-5H,1-3H3. The molecule has 1 nitrogen and oxygen atoms in total. The maximum absolute atomic E-state index is 5.95. The van der Waals surface area contributed by atoms with Crippen molar-refractivity contribution in [2.75, 3.05) is 7.11 Å². The van der Waals surface area contributed by atoms with Gasteiger partial charge in [-0.15, -0.1) is 0 Å². The van der Waals surface area contributed by atoms with Gasteiger partial charge < -0.3 is 4.74 Å². The molecule has 1 aromatic rings. The van der Waals surface area contributed by atoms with Gasteiger partial charge in [0.25, 0.3) is 0 Å². The van der Waals surface area contributed by atoms with E-state index >= 15 is 0 Å². The third kappa shape index (κ3) is 1.66. The van der Waals surface area contributed by atoms with Crippen molar-refractivity contribution in [3.8, 4) is 5.75 Å². The van der Waals surface area contributed by atoms with E-state index in [-0.39, 0.29) is 0 Å². The van der Waals surface area contributed by atoms with Crippen LogP contribution in [-0.2, 0) is 0 Å². The SMILES string of the molecule is COc1cc(C)c(Cl)c(C)c1. The first-order valence-corrected chi connectivity index (χ1v) is 3.83. The molecule has 0 saturated carbocycles. The van der Waals surface area contributed by atoms with Crippen LogP contribution in [0.15, 0.2) is 12.1 Å². The Morgan fingerprint density at radius 1 is 1.18 bits per heavy atom. The van der Waals surface area contributed by atoms with Gasteiger partial charge in [-0.25, -0.2) is 0 Å². The normalized spacial score (nSPS) is 9.82. The van der Waals surface area contributed by atoms with Crippen LogP contribution < -0.4 is 4.74 Å². The van der Waals surface area contributed by atoms with E-state index in [4.69, 9.17) is 16.3 Å². The molecule has 0 fully saturated rings. The minimum Gasteiger partial charge on any atom is -0.497 e. The predicted octanol–water partition coefficient (Wildman–Crippen LogP) is 2.97. The van der Waals surface area contributed by atoms with Crippen molar-refractivity contribution in [1.82, 2.24) is 0 Å². The molecule has 0 aliphatic carbocycles. The van der Waals surface area contributed by atoms with Crippen LogP contribution in [0, 0.1) is 13.8 Å². The molecular weight excluding hydrogens is 160 g/mol. The molecule has 0 heterocycles. The van der Waals surface area contributed by atoms with Gasteiger partial charge in [0.1, 0.15) is 5.75 Å². The van der Waals surface area contributed by atoms with Gasteiger partial charge in [-0.1, -0.05) is 11.6 Å². The molecular formula is C9H11ClO. The monoisotopic (exact) mass is 170 g/mol. The van der Waals surface area contributed by atoms with Crippen LogP contribution in [0.3, 0.4) is 0 Å². The van der Waals surface area contributed by atoms with Crippen LogP contribution in [0.25, 0.3) is 0 Å². The average Bonchev–Trinajstić information content (AvgIpc) is 1.99. The molecule has 11 heavy (non-hydrogen) atoms. The zero-order valence-electron chi connectivity index (χ0n) is 6.94. The molecule has 0 spiro atoms. The maximum Gasteiger partial charge on any atom is 0.119 e. The third-order valence-electron chi connectivity index (χ3n) is 1.65. The molecule has 1 aromatic carbocycles. The summed E-state index contributed by atoms with van der Waals surface area (Å²) in [4.78, 5) is 0. The van der Waals surface area contributed by atoms with Crippen molar-refractivity contribution < 1.29 is 4.74 Å². The lowest BCUT2D eigenvalue weighted by molar-refractivity contribution is 0.414. The third-order valence-corrected chi connectivity index (χ3v) is 2.24. The molecule has 1 rings (SSSR count). The molecule has 0 unspecified atom stereocenters. The number of methoxy groups -OCH3 is 1. The molecule has 0 radical (unpaired) electrons. The van der Waals surface area contributed by atoms with Crippen LogP contribution in [0.2, 0.25) is 5.02 Å². The summed E-state index contributed by atoms with van der Waals surface area (Å²) in [5.41, 5.74) is 2.12. The van der Waals surface area contributed by atoms with Crippen molar-refractivity contribution in [1.29, 1.82) is 0 Å². The van der Waals surface area contributed by atoms with Crippen LogP contribution in [-0.4, -0.2) is 7.11 Å². The van der Waals surface area contributed by atoms with Crippen LogP contribution in [0.4, 0.5) is 0 Å². The van der Waals surface area contributed by atoms with Gasteiger partial charge in [-0.3, -0.25) is 0 Å². The van der Waals surface area contributed by atoms with Crippen molar-refractivity contribution in [3.05, 3.63) is 28.3 Å². The Hall–Kier alpha value is -0.690. The highest BCUT2D eigenvalue weighted by atomic mass is 35.5. The topological polar surface area (TPSA) is 9.23 Å². The molecule has 0 atom stereocenters. The van der Waals surface area contributed by atoms with Crippen molar-refractivity contribution >= 4 is 11.6 Å². The van der Waals surface area contributed by atoms with Crippen LogP contribution in [0.1, 0.15) is 11.1 Å². The summed E-state index contributed by atoms with van der Waals surface area (Å²) >= 11 is 5.95. The first-order chi connectivity index (χ1) is 5.15. The van der Waals surface area contributed by atoms with Crippen molar-refractivity contribution in [2.24, 2.45) is 0 Å². The quantitative estimate of drug-likeness (QED) is 0.630. The Balaban J connectivity index is 3.21. The summed E-state index contributed by atoms with van der Waals surface area (Å²) in [6.45, 7) is 3.94. The smallest absolute Gasteiger partial charge is 0.119 e. The minimum atomic E-state index is 0.825. The second kappa shape index (κ2) is 3.14. The summed E-state index contributed by atoms with van der Waals surface area (Å²) in [5, 5.41) is 0.825. The van der Waals surface area contributed by atoms with E-state index in [1.807, 2.05) is 26.0 Å². The van der Waals surface area contributed by atoms with E-state index in [2.05, 4.69) is 0 Å². The second-order valence-electron chi connectivity index (χ2n) is 2.58. The van der Waals surface area contributed by atoms with Gasteiger partial charge in [-0.05, 0) is 37.1 Å². The molecule has 0 aliphatic heterocycles. The first-order valence-electron chi connectivity index (χ1n) is 3.46. The molecule has 0 saturated heterocycles.